The van der Waals surface area contributed by atoms with Crippen LogP contribution >= 0.6 is 0 Å². The minimum absolute atomic E-state index is 0.251. The van der Waals surface area contributed by atoms with Gasteiger partial charge in [-0.15, -0.1) is 0 Å². The Morgan fingerprint density at radius 1 is 1.42 bits per heavy atom. The van der Waals surface area contributed by atoms with Gasteiger partial charge in [0.25, 0.3) is 0 Å². The highest BCUT2D eigenvalue weighted by Gasteiger charge is 2.29. The van der Waals surface area contributed by atoms with Gasteiger partial charge in [-0.2, -0.15) is 0 Å². The molecule has 2 heteroatoms. The maximum Gasteiger partial charge on any atom is 0.200 e. The van der Waals surface area contributed by atoms with Gasteiger partial charge in [0.15, 0.2) is 11.5 Å². The third-order valence-electron chi connectivity index (χ3n) is 2.65. The minimum atomic E-state index is 0.251. The number of hydrogen-bond donors (Lipinski definition) is 0. The van der Waals surface area contributed by atoms with Crippen LogP contribution in [0.15, 0.2) is 11.8 Å². The van der Waals surface area contributed by atoms with Crippen molar-refractivity contribution in [2.75, 3.05) is 6.61 Å². The van der Waals surface area contributed by atoms with Crippen LogP contribution in [0.1, 0.15) is 32.1 Å². The minimum Gasteiger partial charge on any atom is -0.490 e. The van der Waals surface area contributed by atoms with Gasteiger partial charge in [-0.05, 0) is 31.8 Å². The van der Waals surface area contributed by atoms with Crippen LogP contribution < -0.4 is 0 Å². The molecule has 12 heavy (non-hydrogen) atoms. The van der Waals surface area contributed by atoms with Crippen molar-refractivity contribution in [3.05, 3.63) is 11.8 Å². The molecule has 1 heterocycles. The summed E-state index contributed by atoms with van der Waals surface area (Å²) in [6.45, 7) is 0.726. The summed E-state index contributed by atoms with van der Waals surface area (Å²) in [7, 11) is 0. The molecule has 1 saturated carbocycles. The second-order valence-electron chi connectivity index (χ2n) is 3.55. The lowest BCUT2D eigenvalue weighted by molar-refractivity contribution is -0.125. The summed E-state index contributed by atoms with van der Waals surface area (Å²) in [6.07, 6.45) is 7.36. The van der Waals surface area contributed by atoms with E-state index in [1.807, 2.05) is 6.08 Å². The van der Waals surface area contributed by atoms with Crippen molar-refractivity contribution < 1.29 is 9.53 Å². The van der Waals surface area contributed by atoms with Crippen molar-refractivity contribution in [3.63, 3.8) is 0 Å². The van der Waals surface area contributed by atoms with E-state index >= 15 is 0 Å². The molecule has 2 aliphatic rings. The fraction of sp³-hybridized carbons (Fsp3) is 0.700. The molecule has 0 bridgehead atoms. The van der Waals surface area contributed by atoms with Crippen molar-refractivity contribution in [3.8, 4) is 0 Å². The molecule has 2 nitrogen and oxygen atoms in total. The van der Waals surface area contributed by atoms with Gasteiger partial charge in [-0.1, -0.05) is 6.42 Å². The Labute approximate surface area is 72.6 Å². The molecule has 66 valence electrons. The van der Waals surface area contributed by atoms with Gasteiger partial charge >= 0.3 is 0 Å². The van der Waals surface area contributed by atoms with Crippen LogP contribution in [-0.4, -0.2) is 12.4 Å². The number of hydrogen-bond acceptors (Lipinski definition) is 2. The molecule has 0 N–H and O–H groups in total. The fourth-order valence-electron chi connectivity index (χ4n) is 1.60. The van der Waals surface area contributed by atoms with Gasteiger partial charge in [0.1, 0.15) is 0 Å². The number of ether oxygens (including phenoxy) is 1. The Kier molecular flexibility index (Phi) is 2.15. The molecule has 0 atom stereocenters. The number of ketones is 1. The second kappa shape index (κ2) is 3.30. The first-order valence-electron chi connectivity index (χ1n) is 4.75. The van der Waals surface area contributed by atoms with Gasteiger partial charge < -0.3 is 4.74 Å². The zero-order valence-electron chi connectivity index (χ0n) is 7.21. The first-order valence-corrected chi connectivity index (χ1v) is 4.75. The van der Waals surface area contributed by atoms with Crippen LogP contribution in [0.3, 0.4) is 0 Å². The Hall–Kier alpha value is -0.790. The zero-order chi connectivity index (χ0) is 8.39. The molecule has 0 radical (unpaired) electrons. The molecule has 1 aliphatic heterocycles. The van der Waals surface area contributed by atoms with Gasteiger partial charge in [0.2, 0.25) is 0 Å². The van der Waals surface area contributed by atoms with Gasteiger partial charge in [0, 0.05) is 5.92 Å². The Morgan fingerprint density at radius 3 is 2.75 bits per heavy atom. The van der Waals surface area contributed by atoms with Gasteiger partial charge in [-0.3, -0.25) is 4.79 Å². The summed E-state index contributed by atoms with van der Waals surface area (Å²) in [5.41, 5.74) is 0. The molecule has 2 rings (SSSR count). The lowest BCUT2D eigenvalue weighted by Gasteiger charge is -2.25. The molecule has 0 aromatic carbocycles. The molecule has 0 saturated heterocycles. The van der Waals surface area contributed by atoms with Crippen molar-refractivity contribution in [1.82, 2.24) is 0 Å². The number of allylic oxidation sites excluding steroid dienone is 2. The Bertz CT molecular complexity index is 214. The quantitative estimate of drug-likeness (QED) is 0.627. The summed E-state index contributed by atoms with van der Waals surface area (Å²) >= 11 is 0. The van der Waals surface area contributed by atoms with Crippen LogP contribution in [0, 0.1) is 5.92 Å². The van der Waals surface area contributed by atoms with E-state index in [4.69, 9.17) is 4.74 Å². The van der Waals surface area contributed by atoms with E-state index in [0.29, 0.717) is 5.76 Å². The van der Waals surface area contributed by atoms with E-state index in [1.54, 1.807) is 0 Å². The molecule has 0 unspecified atom stereocenters. The third kappa shape index (κ3) is 1.38. The average molecular weight is 166 g/mol. The average Bonchev–Trinajstić information content (AvgIpc) is 2.03. The predicted octanol–water partition coefficient (Wildman–Crippen LogP) is 2.05. The molecule has 1 aliphatic carbocycles. The summed E-state index contributed by atoms with van der Waals surface area (Å²) in [5.74, 6) is 1.18. The molecule has 1 fully saturated rings. The maximum absolute atomic E-state index is 11.6. The van der Waals surface area contributed by atoms with Crippen LogP contribution in [0.4, 0.5) is 0 Å². The SMILES string of the molecule is O=C(C1=CCCCO1)C1CCC1. The lowest BCUT2D eigenvalue weighted by atomic mass is 9.81. The predicted molar refractivity (Wildman–Crippen MR) is 45.6 cm³/mol. The summed E-state index contributed by atoms with van der Waals surface area (Å²) in [4.78, 5) is 11.6. The van der Waals surface area contributed by atoms with E-state index in [-0.39, 0.29) is 11.7 Å². The van der Waals surface area contributed by atoms with E-state index in [2.05, 4.69) is 0 Å². The molecular weight excluding hydrogens is 152 g/mol. The number of Topliss-reactive ketones (excluding diaryl/α,β-unsaturated/α-hetero) is 1. The molecule has 0 aromatic heterocycles. The molecular formula is C10H14O2. The largest absolute Gasteiger partial charge is 0.490 e. The molecule has 0 aromatic rings. The van der Waals surface area contributed by atoms with Gasteiger partial charge in [-0.25, -0.2) is 0 Å². The second-order valence-corrected chi connectivity index (χ2v) is 3.55. The topological polar surface area (TPSA) is 26.3 Å². The standard InChI is InChI=1S/C10H14O2/c11-10(8-4-3-5-8)9-6-1-2-7-12-9/h6,8H,1-5,7H2. The molecule has 0 amide bonds. The van der Waals surface area contributed by atoms with E-state index in [9.17, 15) is 4.79 Å². The van der Waals surface area contributed by atoms with Crippen molar-refractivity contribution in [1.29, 1.82) is 0 Å². The first-order chi connectivity index (χ1) is 5.88. The van der Waals surface area contributed by atoms with Crippen LogP contribution in [0.5, 0.6) is 0 Å². The Morgan fingerprint density at radius 2 is 2.25 bits per heavy atom. The van der Waals surface area contributed by atoms with Crippen molar-refractivity contribution in [2.24, 2.45) is 5.92 Å². The van der Waals surface area contributed by atoms with E-state index < -0.39 is 0 Å². The van der Waals surface area contributed by atoms with Crippen molar-refractivity contribution in [2.45, 2.75) is 32.1 Å². The van der Waals surface area contributed by atoms with Crippen LogP contribution in [0.25, 0.3) is 0 Å². The third-order valence-corrected chi connectivity index (χ3v) is 2.65. The fourth-order valence-corrected chi connectivity index (χ4v) is 1.60. The van der Waals surface area contributed by atoms with Crippen LogP contribution in [-0.2, 0) is 9.53 Å². The number of carbonyl (C=O) groups is 1. The number of rotatable bonds is 2. The van der Waals surface area contributed by atoms with E-state index in [1.165, 1.54) is 6.42 Å². The number of carbonyl (C=O) groups excluding carboxylic acids is 1. The highest BCUT2D eigenvalue weighted by atomic mass is 16.5. The monoisotopic (exact) mass is 166 g/mol. The summed E-state index contributed by atoms with van der Waals surface area (Å²) < 4.78 is 5.31. The summed E-state index contributed by atoms with van der Waals surface area (Å²) in [6, 6.07) is 0. The maximum atomic E-state index is 11.6. The highest BCUT2D eigenvalue weighted by molar-refractivity contribution is 5.95. The highest BCUT2D eigenvalue weighted by Crippen LogP contribution is 2.30. The van der Waals surface area contributed by atoms with Crippen LogP contribution in [0.2, 0.25) is 0 Å². The van der Waals surface area contributed by atoms with Gasteiger partial charge in [0.05, 0.1) is 6.61 Å². The van der Waals surface area contributed by atoms with E-state index in [0.717, 1.165) is 32.3 Å². The van der Waals surface area contributed by atoms with Crippen molar-refractivity contribution >= 4 is 5.78 Å². The lowest BCUT2D eigenvalue weighted by Crippen LogP contribution is -2.25. The smallest absolute Gasteiger partial charge is 0.200 e. The zero-order valence-corrected chi connectivity index (χ0v) is 7.21. The Balaban J connectivity index is 1.97. The normalized spacial score (nSPS) is 23.8. The summed E-state index contributed by atoms with van der Waals surface area (Å²) in [5, 5.41) is 0. The molecule has 0 spiro atoms. The first kappa shape index (κ1) is 7.84.